The van der Waals surface area contributed by atoms with Gasteiger partial charge in [0.1, 0.15) is 0 Å². The summed E-state index contributed by atoms with van der Waals surface area (Å²) in [6.45, 7) is 8.53. The van der Waals surface area contributed by atoms with E-state index in [0.717, 1.165) is 45.3 Å². The second kappa shape index (κ2) is 7.30. The summed E-state index contributed by atoms with van der Waals surface area (Å²) < 4.78 is 5.30. The minimum Gasteiger partial charge on any atom is -0.381 e. The highest BCUT2D eigenvalue weighted by atomic mass is 16.5. The molecule has 78 valence electrons. The molecule has 0 amide bonds. The van der Waals surface area contributed by atoms with Crippen LogP contribution in [0.25, 0.3) is 0 Å². The molecule has 3 heteroatoms. The van der Waals surface area contributed by atoms with Crippen LogP contribution in [0.3, 0.4) is 0 Å². The Balaban J connectivity index is 1.78. The van der Waals surface area contributed by atoms with Crippen molar-refractivity contribution in [2.45, 2.75) is 19.8 Å². The largest absolute Gasteiger partial charge is 0.381 e. The smallest absolute Gasteiger partial charge is 0.0507 e. The second-order valence-corrected chi connectivity index (χ2v) is 3.64. The molecular formula is C10H22N2O. The average molecular weight is 186 g/mol. The summed E-state index contributed by atoms with van der Waals surface area (Å²) in [5, 5.41) is 6.78. The van der Waals surface area contributed by atoms with Crippen molar-refractivity contribution in [2.75, 3.05) is 39.4 Å². The van der Waals surface area contributed by atoms with Crippen molar-refractivity contribution in [2.24, 2.45) is 5.92 Å². The van der Waals surface area contributed by atoms with Crippen LogP contribution in [0.5, 0.6) is 0 Å². The van der Waals surface area contributed by atoms with E-state index < -0.39 is 0 Å². The first-order chi connectivity index (χ1) is 6.43. The summed E-state index contributed by atoms with van der Waals surface area (Å²) in [7, 11) is 0. The molecule has 2 N–H and O–H groups in total. The zero-order valence-corrected chi connectivity index (χ0v) is 8.64. The molecule has 0 aliphatic carbocycles. The van der Waals surface area contributed by atoms with Crippen LogP contribution in [-0.2, 0) is 4.74 Å². The molecule has 0 bridgehead atoms. The summed E-state index contributed by atoms with van der Waals surface area (Å²) in [5.41, 5.74) is 0. The fraction of sp³-hybridized carbons (Fsp3) is 1.00. The minimum absolute atomic E-state index is 0.763. The highest BCUT2D eigenvalue weighted by molar-refractivity contribution is 4.66. The molecule has 3 nitrogen and oxygen atoms in total. The van der Waals surface area contributed by atoms with E-state index in [9.17, 15) is 0 Å². The van der Waals surface area contributed by atoms with Gasteiger partial charge in [-0.15, -0.1) is 0 Å². The van der Waals surface area contributed by atoms with Crippen molar-refractivity contribution >= 4 is 0 Å². The molecule has 1 aliphatic heterocycles. The fourth-order valence-corrected chi connectivity index (χ4v) is 1.57. The fourth-order valence-electron chi connectivity index (χ4n) is 1.57. The Morgan fingerprint density at radius 3 is 2.85 bits per heavy atom. The third-order valence-electron chi connectivity index (χ3n) is 2.41. The maximum atomic E-state index is 5.30. The number of ether oxygens (including phenoxy) is 1. The Labute approximate surface area is 81.2 Å². The minimum atomic E-state index is 0.763. The Morgan fingerprint density at radius 1 is 1.31 bits per heavy atom. The standard InChI is InChI=1S/C10H22N2O/c1-2-11-5-3-6-12-8-10-4-7-13-9-10/h10-12H,2-9H2,1H3. The third kappa shape index (κ3) is 5.24. The monoisotopic (exact) mass is 186 g/mol. The Bertz CT molecular complexity index is 113. The second-order valence-electron chi connectivity index (χ2n) is 3.64. The molecule has 0 saturated carbocycles. The average Bonchev–Trinajstić information content (AvgIpc) is 2.63. The molecular weight excluding hydrogens is 164 g/mol. The number of hydrogen-bond acceptors (Lipinski definition) is 3. The summed E-state index contributed by atoms with van der Waals surface area (Å²) in [4.78, 5) is 0. The number of rotatable bonds is 7. The highest BCUT2D eigenvalue weighted by Crippen LogP contribution is 2.10. The van der Waals surface area contributed by atoms with Crippen LogP contribution in [0, 0.1) is 5.92 Å². The van der Waals surface area contributed by atoms with E-state index in [-0.39, 0.29) is 0 Å². The lowest BCUT2D eigenvalue weighted by atomic mass is 10.1. The molecule has 1 fully saturated rings. The van der Waals surface area contributed by atoms with Gasteiger partial charge in [-0.25, -0.2) is 0 Å². The van der Waals surface area contributed by atoms with E-state index in [2.05, 4.69) is 17.6 Å². The molecule has 13 heavy (non-hydrogen) atoms. The van der Waals surface area contributed by atoms with Crippen LogP contribution in [0.15, 0.2) is 0 Å². The van der Waals surface area contributed by atoms with Gasteiger partial charge < -0.3 is 15.4 Å². The predicted molar refractivity (Wildman–Crippen MR) is 55.0 cm³/mol. The lowest BCUT2D eigenvalue weighted by Gasteiger charge is -2.08. The van der Waals surface area contributed by atoms with Crippen molar-refractivity contribution < 1.29 is 4.74 Å². The van der Waals surface area contributed by atoms with Gasteiger partial charge in [-0.2, -0.15) is 0 Å². The summed E-state index contributed by atoms with van der Waals surface area (Å²) >= 11 is 0. The van der Waals surface area contributed by atoms with Gasteiger partial charge >= 0.3 is 0 Å². The predicted octanol–water partition coefficient (Wildman–Crippen LogP) is 0.612. The molecule has 1 aliphatic rings. The highest BCUT2D eigenvalue weighted by Gasteiger charge is 2.14. The van der Waals surface area contributed by atoms with Crippen molar-refractivity contribution in [1.82, 2.24) is 10.6 Å². The molecule has 0 radical (unpaired) electrons. The van der Waals surface area contributed by atoms with Gasteiger partial charge in [0.15, 0.2) is 0 Å². The molecule has 1 saturated heterocycles. The van der Waals surface area contributed by atoms with E-state index in [1.165, 1.54) is 12.8 Å². The van der Waals surface area contributed by atoms with Crippen molar-refractivity contribution in [3.05, 3.63) is 0 Å². The first-order valence-corrected chi connectivity index (χ1v) is 5.42. The first-order valence-electron chi connectivity index (χ1n) is 5.42. The van der Waals surface area contributed by atoms with Crippen LogP contribution < -0.4 is 10.6 Å². The molecule has 1 atom stereocenters. The first kappa shape index (κ1) is 11.0. The van der Waals surface area contributed by atoms with E-state index in [1.807, 2.05) is 0 Å². The molecule has 1 heterocycles. The van der Waals surface area contributed by atoms with Crippen LogP contribution in [0.2, 0.25) is 0 Å². The SMILES string of the molecule is CCNCCCNCC1CCOC1. The van der Waals surface area contributed by atoms with Crippen molar-refractivity contribution in [3.63, 3.8) is 0 Å². The van der Waals surface area contributed by atoms with Gasteiger partial charge in [0.2, 0.25) is 0 Å². The van der Waals surface area contributed by atoms with Crippen LogP contribution in [0.4, 0.5) is 0 Å². The molecule has 0 spiro atoms. The maximum Gasteiger partial charge on any atom is 0.0507 e. The van der Waals surface area contributed by atoms with Crippen molar-refractivity contribution in [3.8, 4) is 0 Å². The zero-order valence-electron chi connectivity index (χ0n) is 8.64. The molecule has 1 rings (SSSR count). The van der Waals surface area contributed by atoms with Gasteiger partial charge in [0, 0.05) is 13.2 Å². The Hall–Kier alpha value is -0.120. The van der Waals surface area contributed by atoms with Gasteiger partial charge in [-0.3, -0.25) is 0 Å². The van der Waals surface area contributed by atoms with E-state index in [4.69, 9.17) is 4.74 Å². The third-order valence-corrected chi connectivity index (χ3v) is 2.41. The Morgan fingerprint density at radius 2 is 2.15 bits per heavy atom. The van der Waals surface area contributed by atoms with Crippen LogP contribution >= 0.6 is 0 Å². The topological polar surface area (TPSA) is 33.3 Å². The Kier molecular flexibility index (Phi) is 6.15. The zero-order chi connectivity index (χ0) is 9.36. The molecule has 0 aromatic heterocycles. The van der Waals surface area contributed by atoms with Crippen LogP contribution in [0.1, 0.15) is 19.8 Å². The van der Waals surface area contributed by atoms with Gasteiger partial charge in [0.05, 0.1) is 6.61 Å². The maximum absolute atomic E-state index is 5.30. The summed E-state index contributed by atoms with van der Waals surface area (Å²) in [6, 6.07) is 0. The van der Waals surface area contributed by atoms with E-state index in [1.54, 1.807) is 0 Å². The van der Waals surface area contributed by atoms with E-state index in [0.29, 0.717) is 0 Å². The molecule has 0 aromatic carbocycles. The normalized spacial score (nSPS) is 22.4. The quantitative estimate of drug-likeness (QED) is 0.572. The lowest BCUT2D eigenvalue weighted by Crippen LogP contribution is -2.26. The van der Waals surface area contributed by atoms with Crippen LogP contribution in [-0.4, -0.2) is 39.4 Å². The summed E-state index contributed by atoms with van der Waals surface area (Å²) in [6.07, 6.45) is 2.46. The van der Waals surface area contributed by atoms with Gasteiger partial charge in [-0.05, 0) is 38.4 Å². The number of hydrogen-bond donors (Lipinski definition) is 2. The van der Waals surface area contributed by atoms with Gasteiger partial charge in [-0.1, -0.05) is 6.92 Å². The van der Waals surface area contributed by atoms with Crippen molar-refractivity contribution in [1.29, 1.82) is 0 Å². The van der Waals surface area contributed by atoms with Gasteiger partial charge in [0.25, 0.3) is 0 Å². The summed E-state index contributed by atoms with van der Waals surface area (Å²) in [5.74, 6) is 0.763. The van der Waals surface area contributed by atoms with E-state index >= 15 is 0 Å². The lowest BCUT2D eigenvalue weighted by molar-refractivity contribution is 0.185. The molecule has 1 unspecified atom stereocenters. The molecule has 0 aromatic rings. The number of nitrogens with one attached hydrogen (secondary N) is 2.